The molecule has 0 aliphatic heterocycles. The summed E-state index contributed by atoms with van der Waals surface area (Å²) in [5.74, 6) is 0.0512. The van der Waals surface area contributed by atoms with Crippen LogP contribution in [0.25, 0.3) is 0 Å². The van der Waals surface area contributed by atoms with E-state index < -0.39 is 0 Å². The molecular weight excluding hydrogens is 224 g/mol. The van der Waals surface area contributed by atoms with Gasteiger partial charge in [0, 0.05) is 11.7 Å². The van der Waals surface area contributed by atoms with E-state index in [4.69, 9.17) is 0 Å². The summed E-state index contributed by atoms with van der Waals surface area (Å²) in [5, 5.41) is 6.26. The van der Waals surface area contributed by atoms with Crippen LogP contribution < -0.4 is 10.6 Å². The van der Waals surface area contributed by atoms with Crippen molar-refractivity contribution in [2.45, 2.75) is 52.6 Å². The van der Waals surface area contributed by atoms with Crippen molar-refractivity contribution >= 4 is 11.6 Å². The molecule has 0 heterocycles. The van der Waals surface area contributed by atoms with Crippen molar-refractivity contribution in [2.75, 3.05) is 5.32 Å². The molecule has 0 aromatic heterocycles. The quantitative estimate of drug-likeness (QED) is 0.812. The largest absolute Gasteiger partial charge is 0.374 e. The van der Waals surface area contributed by atoms with E-state index in [1.54, 1.807) is 0 Å². The molecule has 3 heteroatoms. The van der Waals surface area contributed by atoms with Crippen LogP contribution in [-0.2, 0) is 11.2 Å². The van der Waals surface area contributed by atoms with Crippen LogP contribution in [0.3, 0.4) is 0 Å². The molecule has 2 N–H and O–H groups in total. The van der Waals surface area contributed by atoms with Crippen LogP contribution in [0.2, 0.25) is 0 Å². The second kappa shape index (κ2) is 7.04. The first kappa shape index (κ1) is 14.6. The molecule has 0 bridgehead atoms. The molecule has 0 aliphatic rings. The highest BCUT2D eigenvalue weighted by atomic mass is 16.2. The highest BCUT2D eigenvalue weighted by Crippen LogP contribution is 2.16. The monoisotopic (exact) mass is 248 g/mol. The molecule has 1 aromatic rings. The van der Waals surface area contributed by atoms with Crippen molar-refractivity contribution in [1.29, 1.82) is 0 Å². The van der Waals surface area contributed by atoms with Crippen LogP contribution in [-0.4, -0.2) is 18.0 Å². The Hall–Kier alpha value is -1.51. The number of para-hydroxylation sites is 1. The summed E-state index contributed by atoms with van der Waals surface area (Å²) in [6.45, 7) is 8.09. The Morgan fingerprint density at radius 1 is 1.22 bits per heavy atom. The minimum Gasteiger partial charge on any atom is -0.374 e. The third kappa shape index (κ3) is 4.06. The number of carbonyl (C=O) groups is 1. The summed E-state index contributed by atoms with van der Waals surface area (Å²) in [4.78, 5) is 11.9. The Morgan fingerprint density at radius 3 is 2.50 bits per heavy atom. The molecule has 1 aromatic carbocycles. The van der Waals surface area contributed by atoms with E-state index >= 15 is 0 Å². The maximum absolute atomic E-state index is 11.9. The van der Waals surface area contributed by atoms with Crippen LogP contribution in [0.1, 0.15) is 39.7 Å². The number of hydrogen-bond donors (Lipinski definition) is 2. The molecule has 1 rings (SSSR count). The fourth-order valence-electron chi connectivity index (χ4n) is 1.74. The molecule has 0 spiro atoms. The normalized spacial score (nSPS) is 13.8. The summed E-state index contributed by atoms with van der Waals surface area (Å²) in [5.41, 5.74) is 2.28. The van der Waals surface area contributed by atoms with E-state index in [1.807, 2.05) is 32.0 Å². The number of nitrogens with one attached hydrogen (secondary N) is 2. The number of aryl methyl sites for hydroxylation is 1. The Balaban J connectivity index is 2.63. The molecular formula is C15H24N2O. The summed E-state index contributed by atoms with van der Waals surface area (Å²) in [6, 6.07) is 8.12. The zero-order valence-corrected chi connectivity index (χ0v) is 11.8. The topological polar surface area (TPSA) is 41.1 Å². The summed E-state index contributed by atoms with van der Waals surface area (Å²) in [7, 11) is 0. The molecule has 2 unspecified atom stereocenters. The molecule has 18 heavy (non-hydrogen) atoms. The number of amides is 1. The van der Waals surface area contributed by atoms with E-state index in [0.29, 0.717) is 0 Å². The lowest BCUT2D eigenvalue weighted by Crippen LogP contribution is -2.42. The number of rotatable bonds is 6. The third-order valence-corrected chi connectivity index (χ3v) is 3.16. The van der Waals surface area contributed by atoms with Crippen molar-refractivity contribution < 1.29 is 4.79 Å². The number of anilines is 1. The van der Waals surface area contributed by atoms with Crippen molar-refractivity contribution in [3.63, 3.8) is 0 Å². The van der Waals surface area contributed by atoms with Crippen LogP contribution >= 0.6 is 0 Å². The lowest BCUT2D eigenvalue weighted by atomic mass is 10.1. The van der Waals surface area contributed by atoms with Crippen molar-refractivity contribution in [3.05, 3.63) is 29.8 Å². The van der Waals surface area contributed by atoms with Gasteiger partial charge in [-0.15, -0.1) is 0 Å². The van der Waals surface area contributed by atoms with E-state index in [-0.39, 0.29) is 18.0 Å². The number of benzene rings is 1. The molecule has 2 atom stereocenters. The molecule has 0 fully saturated rings. The lowest BCUT2D eigenvalue weighted by molar-refractivity contribution is -0.122. The van der Waals surface area contributed by atoms with Gasteiger partial charge in [0.2, 0.25) is 5.91 Å². The van der Waals surface area contributed by atoms with Crippen molar-refractivity contribution in [2.24, 2.45) is 0 Å². The van der Waals surface area contributed by atoms with Crippen LogP contribution in [0.4, 0.5) is 5.69 Å². The molecule has 0 saturated heterocycles. The van der Waals surface area contributed by atoms with Gasteiger partial charge in [-0.25, -0.2) is 0 Å². The molecule has 0 aliphatic carbocycles. The van der Waals surface area contributed by atoms with Crippen molar-refractivity contribution in [3.8, 4) is 0 Å². The molecule has 0 saturated carbocycles. The van der Waals surface area contributed by atoms with Gasteiger partial charge in [-0.1, -0.05) is 32.0 Å². The van der Waals surface area contributed by atoms with E-state index in [1.165, 1.54) is 5.56 Å². The zero-order valence-electron chi connectivity index (χ0n) is 11.8. The van der Waals surface area contributed by atoms with Gasteiger partial charge < -0.3 is 10.6 Å². The van der Waals surface area contributed by atoms with Gasteiger partial charge in [-0.3, -0.25) is 4.79 Å². The van der Waals surface area contributed by atoms with Gasteiger partial charge in [0.1, 0.15) is 6.04 Å². The molecule has 100 valence electrons. The minimum atomic E-state index is -0.216. The summed E-state index contributed by atoms with van der Waals surface area (Å²) >= 11 is 0. The number of carbonyl (C=O) groups excluding carboxylic acids is 1. The smallest absolute Gasteiger partial charge is 0.242 e. The van der Waals surface area contributed by atoms with Gasteiger partial charge >= 0.3 is 0 Å². The van der Waals surface area contributed by atoms with E-state index in [0.717, 1.165) is 18.5 Å². The summed E-state index contributed by atoms with van der Waals surface area (Å²) in [6.07, 6.45) is 1.91. The Kier molecular flexibility index (Phi) is 5.69. The van der Waals surface area contributed by atoms with Gasteiger partial charge in [0.25, 0.3) is 0 Å². The average molecular weight is 248 g/mol. The first-order valence-corrected chi connectivity index (χ1v) is 6.73. The molecule has 1 amide bonds. The lowest BCUT2D eigenvalue weighted by Gasteiger charge is -2.19. The van der Waals surface area contributed by atoms with E-state index in [9.17, 15) is 4.79 Å². The van der Waals surface area contributed by atoms with Crippen LogP contribution in [0.5, 0.6) is 0 Å². The van der Waals surface area contributed by atoms with Gasteiger partial charge in [0.05, 0.1) is 0 Å². The van der Waals surface area contributed by atoms with Crippen LogP contribution in [0, 0.1) is 0 Å². The Labute approximate surface area is 110 Å². The average Bonchev–Trinajstić information content (AvgIpc) is 2.39. The summed E-state index contributed by atoms with van der Waals surface area (Å²) < 4.78 is 0. The molecule has 0 radical (unpaired) electrons. The Morgan fingerprint density at radius 2 is 1.89 bits per heavy atom. The number of hydrogen-bond acceptors (Lipinski definition) is 2. The highest BCUT2D eigenvalue weighted by Gasteiger charge is 2.14. The van der Waals surface area contributed by atoms with Gasteiger partial charge in [-0.05, 0) is 38.3 Å². The predicted molar refractivity (Wildman–Crippen MR) is 76.8 cm³/mol. The van der Waals surface area contributed by atoms with Crippen LogP contribution in [0.15, 0.2) is 24.3 Å². The first-order valence-electron chi connectivity index (χ1n) is 6.73. The van der Waals surface area contributed by atoms with Crippen molar-refractivity contribution in [1.82, 2.24) is 5.32 Å². The second-order valence-corrected chi connectivity index (χ2v) is 4.69. The predicted octanol–water partition coefficient (Wildman–Crippen LogP) is 2.96. The van der Waals surface area contributed by atoms with Gasteiger partial charge in [-0.2, -0.15) is 0 Å². The Bertz CT molecular complexity index is 390. The standard InChI is InChI=1S/C15H24N2O/c1-5-11(3)16-15(18)12(4)17-14-10-8-7-9-13(14)6-2/h7-12,17H,5-6H2,1-4H3,(H,16,18). The van der Waals surface area contributed by atoms with Gasteiger partial charge in [0.15, 0.2) is 0 Å². The SMILES string of the molecule is CCc1ccccc1NC(C)C(=O)NC(C)CC. The fraction of sp³-hybridized carbons (Fsp3) is 0.533. The fourth-order valence-corrected chi connectivity index (χ4v) is 1.74. The molecule has 3 nitrogen and oxygen atoms in total. The maximum atomic E-state index is 11.9. The third-order valence-electron chi connectivity index (χ3n) is 3.16. The first-order chi connectivity index (χ1) is 8.58. The maximum Gasteiger partial charge on any atom is 0.242 e. The minimum absolute atomic E-state index is 0.0512. The zero-order chi connectivity index (χ0) is 13.5. The highest BCUT2D eigenvalue weighted by molar-refractivity contribution is 5.84. The second-order valence-electron chi connectivity index (χ2n) is 4.69. The van der Waals surface area contributed by atoms with E-state index in [2.05, 4.69) is 30.5 Å².